The normalized spacial score (nSPS) is 14.9. The van der Waals surface area contributed by atoms with Crippen LogP contribution in [0.15, 0.2) is 42.5 Å². The minimum absolute atomic E-state index is 0.0462. The summed E-state index contributed by atoms with van der Waals surface area (Å²) in [5.74, 6) is 2.39. The molecule has 32 heavy (non-hydrogen) atoms. The molecule has 0 amide bonds. The average molecular weight is 444 g/mol. The Hall–Kier alpha value is -3.30. The minimum Gasteiger partial charge on any atom is -0.496 e. The molecular formula is C23H28N2O7. The van der Waals surface area contributed by atoms with Gasteiger partial charge in [0.25, 0.3) is 5.69 Å². The summed E-state index contributed by atoms with van der Waals surface area (Å²) in [4.78, 5) is 12.5. The maximum Gasteiger partial charge on any atom is 0.273 e. The predicted octanol–water partition coefficient (Wildman–Crippen LogP) is 3.15. The van der Waals surface area contributed by atoms with Crippen molar-refractivity contribution in [2.75, 3.05) is 47.6 Å². The maximum absolute atomic E-state index is 10.9. The Kier molecular flexibility index (Phi) is 7.91. The van der Waals surface area contributed by atoms with Crippen LogP contribution in [-0.2, 0) is 0 Å². The Bertz CT molecular complexity index is 952. The van der Waals surface area contributed by atoms with Crippen LogP contribution in [0.25, 0.3) is 5.57 Å². The molecule has 2 aromatic rings. The van der Waals surface area contributed by atoms with Crippen LogP contribution >= 0.6 is 0 Å². The van der Waals surface area contributed by atoms with E-state index in [1.54, 1.807) is 33.5 Å². The van der Waals surface area contributed by atoms with Crippen LogP contribution in [0.4, 0.5) is 5.69 Å². The highest BCUT2D eigenvalue weighted by Crippen LogP contribution is 2.40. The van der Waals surface area contributed by atoms with Crippen molar-refractivity contribution in [1.29, 1.82) is 0 Å². The summed E-state index contributed by atoms with van der Waals surface area (Å²) in [6.07, 6.45) is 2.14. The molecule has 0 radical (unpaired) electrons. The molecule has 0 saturated heterocycles. The molecule has 0 unspecified atom stereocenters. The number of benzene rings is 2. The molecule has 0 spiro atoms. The van der Waals surface area contributed by atoms with Gasteiger partial charge in [-0.3, -0.25) is 15.0 Å². The van der Waals surface area contributed by atoms with Gasteiger partial charge in [0.15, 0.2) is 0 Å². The van der Waals surface area contributed by atoms with Gasteiger partial charge in [0, 0.05) is 37.8 Å². The summed E-state index contributed by atoms with van der Waals surface area (Å²) in [6.45, 7) is 1.88. The molecule has 1 heterocycles. The molecule has 1 aliphatic heterocycles. The predicted molar refractivity (Wildman–Crippen MR) is 120 cm³/mol. The fourth-order valence-corrected chi connectivity index (χ4v) is 3.66. The minimum atomic E-state index is -0.728. The van der Waals surface area contributed by atoms with E-state index in [-0.39, 0.29) is 12.3 Å². The lowest BCUT2D eigenvalue weighted by molar-refractivity contribution is -0.384. The van der Waals surface area contributed by atoms with Gasteiger partial charge >= 0.3 is 0 Å². The molecule has 0 saturated carbocycles. The van der Waals surface area contributed by atoms with Crippen molar-refractivity contribution < 1.29 is 29.0 Å². The zero-order valence-electron chi connectivity index (χ0n) is 18.4. The molecule has 2 aromatic carbocycles. The Morgan fingerprint density at radius 1 is 1.09 bits per heavy atom. The largest absolute Gasteiger partial charge is 0.496 e. The fraction of sp³-hybridized carbons (Fsp3) is 0.391. The van der Waals surface area contributed by atoms with Gasteiger partial charge in [-0.25, -0.2) is 0 Å². The lowest BCUT2D eigenvalue weighted by Crippen LogP contribution is -2.38. The van der Waals surface area contributed by atoms with Crippen molar-refractivity contribution in [2.45, 2.75) is 12.5 Å². The summed E-state index contributed by atoms with van der Waals surface area (Å²) in [7, 11) is 4.83. The van der Waals surface area contributed by atoms with E-state index in [2.05, 4.69) is 11.0 Å². The zero-order chi connectivity index (χ0) is 23.1. The number of nitro groups is 1. The van der Waals surface area contributed by atoms with Crippen molar-refractivity contribution in [2.24, 2.45) is 0 Å². The number of aliphatic hydroxyl groups excluding tert-OH is 1. The van der Waals surface area contributed by atoms with Crippen LogP contribution in [-0.4, -0.2) is 68.6 Å². The van der Waals surface area contributed by atoms with E-state index < -0.39 is 11.0 Å². The molecule has 0 bridgehead atoms. The summed E-state index contributed by atoms with van der Waals surface area (Å²) in [6, 6.07) is 9.59. The van der Waals surface area contributed by atoms with Crippen LogP contribution in [0, 0.1) is 10.1 Å². The topological polar surface area (TPSA) is 104 Å². The first kappa shape index (κ1) is 23.4. The van der Waals surface area contributed by atoms with Gasteiger partial charge in [-0.15, -0.1) is 0 Å². The van der Waals surface area contributed by atoms with Crippen LogP contribution in [0.1, 0.15) is 12.0 Å². The number of aliphatic hydroxyl groups is 1. The maximum atomic E-state index is 10.9. The number of ether oxygens (including phenoxy) is 4. The van der Waals surface area contributed by atoms with E-state index in [1.165, 1.54) is 12.1 Å². The second-order valence-electron chi connectivity index (χ2n) is 7.37. The van der Waals surface area contributed by atoms with Crippen LogP contribution in [0.2, 0.25) is 0 Å². The van der Waals surface area contributed by atoms with Gasteiger partial charge in [-0.05, 0) is 18.1 Å². The van der Waals surface area contributed by atoms with Gasteiger partial charge in [0.2, 0.25) is 0 Å². The first-order valence-corrected chi connectivity index (χ1v) is 10.2. The molecule has 172 valence electrons. The lowest BCUT2D eigenvalue weighted by Gasteiger charge is -2.29. The number of methoxy groups -OCH3 is 3. The molecule has 0 aliphatic carbocycles. The molecule has 3 rings (SSSR count). The molecule has 9 heteroatoms. The standard InChI is InChI=1S/C23H28N2O7/c1-29-20-12-21(30-2)23(22(13-20)31-3)16-7-9-24(10-8-16)14-18(26)15-32-19-6-4-5-17(11-19)25(27)28/h4-7,11-13,18,26H,8-10,14-15H2,1-3H3/t18-/m0/s1. The second-order valence-corrected chi connectivity index (χ2v) is 7.37. The number of hydrogen-bond acceptors (Lipinski definition) is 8. The number of hydrogen-bond donors (Lipinski definition) is 1. The third-order valence-electron chi connectivity index (χ3n) is 5.27. The van der Waals surface area contributed by atoms with Gasteiger partial charge in [-0.2, -0.15) is 0 Å². The summed E-state index contributed by atoms with van der Waals surface area (Å²) >= 11 is 0. The molecule has 1 N–H and O–H groups in total. The Labute approximate surface area is 186 Å². The number of rotatable bonds is 10. The SMILES string of the molecule is COc1cc(OC)c(C2=CCN(C[C@H](O)COc3cccc([N+](=O)[O-])c3)CC2)c(OC)c1. The third-order valence-corrected chi connectivity index (χ3v) is 5.27. The van der Waals surface area contributed by atoms with Gasteiger partial charge < -0.3 is 24.1 Å². The molecule has 0 fully saturated rings. The monoisotopic (exact) mass is 444 g/mol. The second kappa shape index (κ2) is 10.8. The van der Waals surface area contributed by atoms with E-state index in [1.807, 2.05) is 12.1 Å². The molecule has 1 atom stereocenters. The van der Waals surface area contributed by atoms with Crippen molar-refractivity contribution in [1.82, 2.24) is 4.90 Å². The van der Waals surface area contributed by atoms with Gasteiger partial charge in [-0.1, -0.05) is 12.1 Å². The fourth-order valence-electron chi connectivity index (χ4n) is 3.66. The van der Waals surface area contributed by atoms with E-state index in [9.17, 15) is 15.2 Å². The van der Waals surface area contributed by atoms with Crippen LogP contribution in [0.3, 0.4) is 0 Å². The van der Waals surface area contributed by atoms with Crippen molar-refractivity contribution in [3.05, 3.63) is 58.2 Å². The van der Waals surface area contributed by atoms with Crippen molar-refractivity contribution >= 4 is 11.3 Å². The highest BCUT2D eigenvalue weighted by molar-refractivity contribution is 5.77. The van der Waals surface area contributed by atoms with E-state index >= 15 is 0 Å². The van der Waals surface area contributed by atoms with Crippen molar-refractivity contribution in [3.8, 4) is 23.0 Å². The van der Waals surface area contributed by atoms with Crippen molar-refractivity contribution in [3.63, 3.8) is 0 Å². The Morgan fingerprint density at radius 2 is 1.81 bits per heavy atom. The smallest absolute Gasteiger partial charge is 0.273 e. The third kappa shape index (κ3) is 5.68. The first-order valence-electron chi connectivity index (χ1n) is 10.2. The summed E-state index contributed by atoms with van der Waals surface area (Å²) in [5.41, 5.74) is 1.97. The highest BCUT2D eigenvalue weighted by Gasteiger charge is 2.22. The van der Waals surface area contributed by atoms with E-state index in [0.717, 1.165) is 24.1 Å². The molecule has 1 aliphatic rings. The van der Waals surface area contributed by atoms with Gasteiger partial charge in [0.1, 0.15) is 35.7 Å². The molecular weight excluding hydrogens is 416 g/mol. The highest BCUT2D eigenvalue weighted by atomic mass is 16.6. The number of non-ortho nitro benzene ring substituents is 1. The first-order chi connectivity index (χ1) is 15.4. The quantitative estimate of drug-likeness (QED) is 0.440. The van der Waals surface area contributed by atoms with E-state index in [4.69, 9.17) is 18.9 Å². The number of β-amino-alcohol motifs (C(OH)–C–C–N with tert-alkyl or cyclic N) is 1. The summed E-state index contributed by atoms with van der Waals surface area (Å²) < 4.78 is 22.0. The van der Waals surface area contributed by atoms with Crippen LogP contribution < -0.4 is 18.9 Å². The van der Waals surface area contributed by atoms with Crippen LogP contribution in [0.5, 0.6) is 23.0 Å². The average Bonchev–Trinajstić information content (AvgIpc) is 2.82. The Morgan fingerprint density at radius 3 is 2.38 bits per heavy atom. The number of nitrogens with zero attached hydrogens (tertiary/aromatic N) is 2. The van der Waals surface area contributed by atoms with E-state index in [0.29, 0.717) is 36.1 Å². The Balaban J connectivity index is 1.60. The molecule has 9 nitrogen and oxygen atoms in total. The lowest BCUT2D eigenvalue weighted by atomic mass is 9.97. The summed E-state index contributed by atoms with van der Waals surface area (Å²) in [5, 5.41) is 21.2. The number of nitro benzene ring substituents is 1. The zero-order valence-corrected chi connectivity index (χ0v) is 18.4. The van der Waals surface area contributed by atoms with Gasteiger partial charge in [0.05, 0.1) is 37.9 Å². The molecule has 0 aromatic heterocycles.